The van der Waals surface area contributed by atoms with Gasteiger partial charge >= 0.3 is 12.1 Å². The zero-order chi connectivity index (χ0) is 36.5. The number of benzene rings is 3. The van der Waals surface area contributed by atoms with Gasteiger partial charge in [-0.1, -0.05) is 78.2 Å². The fourth-order valence-corrected chi connectivity index (χ4v) is 5.20. The molecular formula is C39H47N3O7. The standard InChI is InChI=1S/C39H47N3O7/c1-10-42(35(45)31(41-37(47)49-39(7,8)9)23-28-16-18-30(43)19-17-28)33(29-21-25(2)20-26(3)22-29)34(44)40-32(36(46)48-38(4,5)6)24-27-14-12-11-13-15-27/h1,11-22,31-33,43H,23-24H2,2-9H3,(H,40,44)(H,41,47). The Bertz CT molecular complexity index is 1650. The molecule has 0 aromatic heterocycles. The van der Waals surface area contributed by atoms with Crippen molar-refractivity contribution in [1.29, 1.82) is 0 Å². The number of rotatable bonds is 11. The number of aryl methyl sites for hydroxylation is 2. The van der Waals surface area contributed by atoms with Crippen LogP contribution < -0.4 is 10.6 Å². The van der Waals surface area contributed by atoms with Gasteiger partial charge in [-0.2, -0.15) is 0 Å². The third-order valence-electron chi connectivity index (χ3n) is 7.10. The molecule has 3 amide bonds. The summed E-state index contributed by atoms with van der Waals surface area (Å²) in [6, 6.07) is 19.3. The van der Waals surface area contributed by atoms with E-state index >= 15 is 0 Å². The number of esters is 1. The second-order valence-electron chi connectivity index (χ2n) is 14.0. The van der Waals surface area contributed by atoms with E-state index in [9.17, 15) is 24.3 Å². The Hall–Kier alpha value is -5.30. The predicted molar refractivity (Wildman–Crippen MR) is 187 cm³/mol. The van der Waals surface area contributed by atoms with Crippen molar-refractivity contribution >= 4 is 23.9 Å². The fourth-order valence-electron chi connectivity index (χ4n) is 5.20. The van der Waals surface area contributed by atoms with E-state index in [1.54, 1.807) is 65.8 Å². The number of alkyl carbamates (subject to hydrolysis) is 1. The largest absolute Gasteiger partial charge is 0.508 e. The lowest BCUT2D eigenvalue weighted by Gasteiger charge is -2.32. The quantitative estimate of drug-likeness (QED) is 0.136. The number of nitrogens with one attached hydrogen (secondary N) is 2. The first-order chi connectivity index (χ1) is 22.8. The van der Waals surface area contributed by atoms with Crippen LogP contribution in [0.2, 0.25) is 0 Å². The Morgan fingerprint density at radius 1 is 0.776 bits per heavy atom. The monoisotopic (exact) mass is 669 g/mol. The van der Waals surface area contributed by atoms with Crippen LogP contribution >= 0.6 is 0 Å². The van der Waals surface area contributed by atoms with Gasteiger partial charge in [-0.15, -0.1) is 0 Å². The van der Waals surface area contributed by atoms with Crippen LogP contribution in [0, 0.1) is 26.3 Å². The van der Waals surface area contributed by atoms with E-state index in [0.29, 0.717) is 11.1 Å². The third kappa shape index (κ3) is 12.0. The van der Waals surface area contributed by atoms with E-state index in [0.717, 1.165) is 21.6 Å². The first-order valence-electron chi connectivity index (χ1n) is 16.1. The average Bonchev–Trinajstić information content (AvgIpc) is 2.98. The summed E-state index contributed by atoms with van der Waals surface area (Å²) in [7, 11) is 0. The van der Waals surface area contributed by atoms with Crippen molar-refractivity contribution in [2.45, 2.75) is 97.6 Å². The molecule has 260 valence electrons. The van der Waals surface area contributed by atoms with Crippen LogP contribution in [0.4, 0.5) is 4.79 Å². The molecule has 3 rings (SSSR count). The lowest BCUT2D eigenvalue weighted by atomic mass is 9.97. The van der Waals surface area contributed by atoms with Crippen molar-refractivity contribution < 1.29 is 33.8 Å². The Morgan fingerprint density at radius 3 is 1.84 bits per heavy atom. The van der Waals surface area contributed by atoms with E-state index in [-0.39, 0.29) is 18.6 Å². The number of phenolic OH excluding ortho intramolecular Hbond substituents is 1. The number of ether oxygens (including phenoxy) is 2. The molecule has 0 aliphatic rings. The SMILES string of the molecule is C#CN(C(=O)C(Cc1ccc(O)cc1)NC(=O)OC(C)(C)C)C(C(=O)NC(Cc1ccccc1)C(=O)OC(C)(C)C)c1cc(C)cc(C)c1. The van der Waals surface area contributed by atoms with Crippen LogP contribution in [0.5, 0.6) is 5.75 Å². The predicted octanol–water partition coefficient (Wildman–Crippen LogP) is 5.67. The summed E-state index contributed by atoms with van der Waals surface area (Å²) in [6.07, 6.45) is 5.24. The van der Waals surface area contributed by atoms with Gasteiger partial charge in [0, 0.05) is 18.9 Å². The topological polar surface area (TPSA) is 134 Å². The smallest absolute Gasteiger partial charge is 0.408 e. The van der Waals surface area contributed by atoms with Crippen molar-refractivity contribution in [3.63, 3.8) is 0 Å². The highest BCUT2D eigenvalue weighted by atomic mass is 16.6. The average molecular weight is 670 g/mol. The summed E-state index contributed by atoms with van der Waals surface area (Å²) < 4.78 is 11.1. The molecule has 0 aliphatic carbocycles. The van der Waals surface area contributed by atoms with Crippen LogP contribution in [0.1, 0.15) is 75.4 Å². The molecule has 0 saturated carbocycles. The molecule has 0 saturated heterocycles. The molecule has 0 bridgehead atoms. The van der Waals surface area contributed by atoms with Gasteiger partial charge in [-0.3, -0.25) is 14.5 Å². The highest BCUT2D eigenvalue weighted by Crippen LogP contribution is 2.26. The number of hydrogen-bond donors (Lipinski definition) is 3. The molecule has 0 aliphatic heterocycles. The molecule has 0 spiro atoms. The van der Waals surface area contributed by atoms with Gasteiger partial charge in [0.15, 0.2) is 0 Å². The third-order valence-corrected chi connectivity index (χ3v) is 7.10. The molecule has 3 atom stereocenters. The van der Waals surface area contributed by atoms with Crippen molar-refractivity contribution in [3.05, 3.63) is 101 Å². The van der Waals surface area contributed by atoms with Crippen molar-refractivity contribution in [2.24, 2.45) is 0 Å². The number of amides is 3. The Morgan fingerprint density at radius 2 is 1.31 bits per heavy atom. The van der Waals surface area contributed by atoms with Crippen LogP contribution in [0.3, 0.4) is 0 Å². The molecule has 10 nitrogen and oxygen atoms in total. The van der Waals surface area contributed by atoms with Crippen LogP contribution in [-0.2, 0) is 36.7 Å². The van der Waals surface area contributed by atoms with Crippen LogP contribution in [-0.4, -0.2) is 57.2 Å². The number of aromatic hydroxyl groups is 1. The number of hydrogen-bond acceptors (Lipinski definition) is 7. The fraction of sp³-hybridized carbons (Fsp3) is 0.385. The maximum atomic E-state index is 14.4. The van der Waals surface area contributed by atoms with Gasteiger partial charge in [-0.05, 0) is 84.2 Å². The summed E-state index contributed by atoms with van der Waals surface area (Å²) in [6.45, 7) is 14.0. The summed E-state index contributed by atoms with van der Waals surface area (Å²) in [5, 5.41) is 15.2. The zero-order valence-corrected chi connectivity index (χ0v) is 29.5. The molecule has 3 aromatic carbocycles. The summed E-state index contributed by atoms with van der Waals surface area (Å²) >= 11 is 0. The molecule has 0 fully saturated rings. The van der Waals surface area contributed by atoms with Crippen molar-refractivity contribution in [1.82, 2.24) is 15.5 Å². The molecule has 3 unspecified atom stereocenters. The number of phenols is 1. The molecule has 0 radical (unpaired) electrons. The highest BCUT2D eigenvalue weighted by Gasteiger charge is 2.38. The van der Waals surface area contributed by atoms with Gasteiger partial charge in [0.05, 0.1) is 0 Å². The van der Waals surface area contributed by atoms with Gasteiger partial charge in [0.2, 0.25) is 5.91 Å². The maximum Gasteiger partial charge on any atom is 0.408 e. The number of carbonyl (C=O) groups excluding carboxylic acids is 4. The summed E-state index contributed by atoms with van der Waals surface area (Å²) in [5.74, 6) is -2.11. The van der Waals surface area contributed by atoms with Crippen molar-refractivity contribution in [2.75, 3.05) is 0 Å². The summed E-state index contributed by atoms with van der Waals surface area (Å²) in [5.41, 5.74) is 1.73. The van der Waals surface area contributed by atoms with Gasteiger partial charge in [0.1, 0.15) is 35.1 Å². The lowest BCUT2D eigenvalue weighted by molar-refractivity contribution is -0.159. The van der Waals surface area contributed by atoms with E-state index in [4.69, 9.17) is 15.9 Å². The van der Waals surface area contributed by atoms with E-state index in [1.807, 2.05) is 50.2 Å². The highest BCUT2D eigenvalue weighted by molar-refractivity contribution is 5.95. The first kappa shape index (κ1) is 38.2. The van der Waals surface area contributed by atoms with E-state index < -0.39 is 53.2 Å². The normalized spacial score (nSPS) is 13.2. The molecular weight excluding hydrogens is 622 g/mol. The lowest BCUT2D eigenvalue weighted by Crippen LogP contribution is -2.54. The Labute approximate surface area is 289 Å². The summed E-state index contributed by atoms with van der Waals surface area (Å²) in [4.78, 5) is 56.2. The number of terminal acetylenes is 1. The molecule has 49 heavy (non-hydrogen) atoms. The van der Waals surface area contributed by atoms with Crippen LogP contribution in [0.25, 0.3) is 0 Å². The number of carbonyl (C=O) groups is 4. The molecule has 0 heterocycles. The molecule has 3 aromatic rings. The Balaban J connectivity index is 2.09. The first-order valence-corrected chi connectivity index (χ1v) is 16.1. The van der Waals surface area contributed by atoms with Gasteiger partial charge in [-0.25, -0.2) is 9.59 Å². The van der Waals surface area contributed by atoms with E-state index in [2.05, 4.69) is 16.7 Å². The molecule has 3 N–H and O–H groups in total. The molecule has 10 heteroatoms. The van der Waals surface area contributed by atoms with Crippen LogP contribution in [0.15, 0.2) is 72.8 Å². The second-order valence-corrected chi connectivity index (χ2v) is 14.0. The maximum absolute atomic E-state index is 14.4. The number of nitrogens with zero attached hydrogens (tertiary/aromatic N) is 1. The Kier molecular flexibility index (Phi) is 12.6. The minimum Gasteiger partial charge on any atom is -0.508 e. The van der Waals surface area contributed by atoms with Gasteiger partial charge < -0.3 is 25.2 Å². The minimum atomic E-state index is -1.40. The van der Waals surface area contributed by atoms with E-state index in [1.165, 1.54) is 12.1 Å². The second kappa shape index (κ2) is 16.2. The van der Waals surface area contributed by atoms with Gasteiger partial charge in [0.25, 0.3) is 5.91 Å². The minimum absolute atomic E-state index is 0.0265. The zero-order valence-electron chi connectivity index (χ0n) is 29.5. The van der Waals surface area contributed by atoms with Crippen molar-refractivity contribution in [3.8, 4) is 18.2 Å².